The van der Waals surface area contributed by atoms with Crippen LogP contribution in [0.5, 0.6) is 11.5 Å². The minimum atomic E-state index is -0.411. The van der Waals surface area contributed by atoms with Crippen LogP contribution in [0.15, 0.2) is 47.0 Å². The van der Waals surface area contributed by atoms with Crippen LogP contribution >= 0.6 is 23.2 Å². The van der Waals surface area contributed by atoms with Crippen molar-refractivity contribution in [1.29, 1.82) is 5.26 Å². The molecule has 158 valence electrons. The molecule has 0 amide bonds. The zero-order valence-corrected chi connectivity index (χ0v) is 18.6. The first-order valence-corrected chi connectivity index (χ1v) is 10.4. The lowest BCUT2D eigenvalue weighted by molar-refractivity contribution is 0.269. The molecule has 7 heteroatoms. The molecule has 1 heterocycles. The average Bonchev–Trinajstić information content (AvgIpc) is 3.24. The summed E-state index contributed by atoms with van der Waals surface area (Å²) in [6, 6.07) is 13.5. The highest BCUT2D eigenvalue weighted by Gasteiger charge is 2.26. The largest absolute Gasteiger partial charge is 0.489 e. The fraction of sp³-hybridized carbons (Fsp3) is 0.250. The lowest BCUT2D eigenvalue weighted by Gasteiger charge is -2.27. The first kappa shape index (κ1) is 22.6. The maximum atomic E-state index is 9.55. The van der Waals surface area contributed by atoms with Gasteiger partial charge in [-0.25, -0.2) is 4.98 Å². The molecule has 0 radical (unpaired) electrons. The number of alkyl halides is 1. The van der Waals surface area contributed by atoms with Crippen molar-refractivity contribution in [2.45, 2.75) is 25.9 Å². The van der Waals surface area contributed by atoms with Crippen molar-refractivity contribution in [3.05, 3.63) is 76.0 Å². The minimum Gasteiger partial charge on any atom is -0.489 e. The summed E-state index contributed by atoms with van der Waals surface area (Å²) in [5, 5.41) is 9.93. The maximum Gasteiger partial charge on any atom is 0.273 e. The molecular formula is C24H20Cl2N2O3. The molecule has 0 N–H and O–H groups in total. The van der Waals surface area contributed by atoms with Crippen LogP contribution < -0.4 is 9.47 Å². The van der Waals surface area contributed by atoms with E-state index in [1.165, 1.54) is 0 Å². The van der Waals surface area contributed by atoms with Crippen molar-refractivity contribution >= 4 is 23.2 Å². The van der Waals surface area contributed by atoms with Crippen LogP contribution in [0, 0.1) is 23.7 Å². The molecule has 2 aromatic carbocycles. The highest BCUT2D eigenvalue weighted by atomic mass is 35.5. The van der Waals surface area contributed by atoms with Gasteiger partial charge in [-0.1, -0.05) is 37.6 Å². The number of oxazole rings is 1. The quantitative estimate of drug-likeness (QED) is 0.322. The highest BCUT2D eigenvalue weighted by molar-refractivity contribution is 6.32. The Morgan fingerprint density at radius 3 is 2.52 bits per heavy atom. The molecule has 1 aromatic heterocycles. The molecule has 0 saturated carbocycles. The van der Waals surface area contributed by atoms with Crippen LogP contribution in [0.4, 0.5) is 0 Å². The molecular weight excluding hydrogens is 435 g/mol. The zero-order valence-electron chi connectivity index (χ0n) is 17.1. The number of hydrogen-bond donors (Lipinski definition) is 0. The van der Waals surface area contributed by atoms with Crippen molar-refractivity contribution in [2.24, 2.45) is 0 Å². The van der Waals surface area contributed by atoms with E-state index >= 15 is 0 Å². The molecule has 3 rings (SSSR count). The van der Waals surface area contributed by atoms with Gasteiger partial charge >= 0.3 is 0 Å². The van der Waals surface area contributed by atoms with Crippen molar-refractivity contribution in [3.63, 3.8) is 0 Å². The molecule has 0 bridgehead atoms. The Kier molecular flexibility index (Phi) is 7.13. The molecule has 31 heavy (non-hydrogen) atoms. The topological polar surface area (TPSA) is 68.3 Å². The van der Waals surface area contributed by atoms with Crippen molar-refractivity contribution in [1.82, 2.24) is 4.98 Å². The molecule has 0 unspecified atom stereocenters. The van der Waals surface area contributed by atoms with Crippen molar-refractivity contribution in [2.75, 3.05) is 12.5 Å². The monoisotopic (exact) mass is 454 g/mol. The molecule has 0 spiro atoms. The van der Waals surface area contributed by atoms with Crippen LogP contribution in [0.3, 0.4) is 0 Å². The predicted molar refractivity (Wildman–Crippen MR) is 120 cm³/mol. The molecule has 0 aliphatic rings. The van der Waals surface area contributed by atoms with Gasteiger partial charge in [0.2, 0.25) is 0 Å². The van der Waals surface area contributed by atoms with Crippen molar-refractivity contribution < 1.29 is 13.9 Å². The number of terminal acetylenes is 1. The SMILES string of the molecule is C#Cc1ncc(COc2ccc(C(C)(C)c3cc(Cl)c(OCCCl)c(C#N)c3)cc2)o1. The van der Waals surface area contributed by atoms with Crippen molar-refractivity contribution in [3.8, 4) is 29.9 Å². The summed E-state index contributed by atoms with van der Waals surface area (Å²) in [7, 11) is 0. The van der Waals surface area contributed by atoms with E-state index < -0.39 is 5.41 Å². The highest BCUT2D eigenvalue weighted by Crippen LogP contribution is 2.38. The Morgan fingerprint density at radius 1 is 1.16 bits per heavy atom. The van der Waals surface area contributed by atoms with Gasteiger partial charge in [0.05, 0.1) is 22.7 Å². The van der Waals surface area contributed by atoms with E-state index in [1.54, 1.807) is 12.3 Å². The van der Waals surface area contributed by atoms with Gasteiger partial charge < -0.3 is 13.9 Å². The third-order valence-electron chi connectivity index (χ3n) is 4.84. The Hall–Kier alpha value is -3.12. The number of nitriles is 1. The van der Waals surface area contributed by atoms with Gasteiger partial charge in [0, 0.05) is 5.41 Å². The van der Waals surface area contributed by atoms with Crippen LogP contribution in [-0.2, 0) is 12.0 Å². The second-order valence-electron chi connectivity index (χ2n) is 7.20. The van der Waals surface area contributed by atoms with Crippen LogP contribution in [0.25, 0.3) is 0 Å². The van der Waals surface area contributed by atoms with Gasteiger partial charge in [0.1, 0.15) is 25.0 Å². The summed E-state index contributed by atoms with van der Waals surface area (Å²) in [5.74, 6) is 4.45. The van der Waals surface area contributed by atoms with E-state index in [0.717, 1.165) is 11.1 Å². The fourth-order valence-corrected chi connectivity index (χ4v) is 3.41. The Balaban J connectivity index is 1.79. The third kappa shape index (κ3) is 5.14. The maximum absolute atomic E-state index is 9.55. The first-order chi connectivity index (χ1) is 14.9. The summed E-state index contributed by atoms with van der Waals surface area (Å²) in [6.45, 7) is 4.62. The van der Waals surface area contributed by atoms with Crippen LogP contribution in [0.1, 0.15) is 42.2 Å². The standard InChI is InChI=1S/C24H20Cl2N2O3/c1-4-22-28-14-20(31-22)15-30-19-7-5-17(6-8-19)24(2,3)18-11-16(13-27)23(21(26)12-18)29-10-9-25/h1,5-8,11-12,14H,9-10,15H2,2-3H3. The smallest absolute Gasteiger partial charge is 0.273 e. The van der Waals surface area contributed by atoms with E-state index in [-0.39, 0.29) is 19.1 Å². The summed E-state index contributed by atoms with van der Waals surface area (Å²) >= 11 is 12.1. The fourth-order valence-electron chi connectivity index (χ4n) is 3.05. The van der Waals surface area contributed by atoms with E-state index in [4.69, 9.17) is 43.5 Å². The van der Waals surface area contributed by atoms with Crippen LogP contribution in [-0.4, -0.2) is 17.5 Å². The van der Waals surface area contributed by atoms with Gasteiger partial charge in [-0.3, -0.25) is 0 Å². The molecule has 0 aliphatic carbocycles. The minimum absolute atomic E-state index is 0.225. The number of benzene rings is 2. The van der Waals surface area contributed by atoms with Gasteiger partial charge in [0.25, 0.3) is 5.89 Å². The average molecular weight is 455 g/mol. The van der Waals surface area contributed by atoms with Gasteiger partial charge in [-0.2, -0.15) is 5.26 Å². The molecule has 0 atom stereocenters. The lowest BCUT2D eigenvalue weighted by atomic mass is 9.77. The second kappa shape index (κ2) is 9.79. The zero-order chi connectivity index (χ0) is 22.4. The molecule has 0 aliphatic heterocycles. The normalized spacial score (nSPS) is 10.9. The van der Waals surface area contributed by atoms with Crippen LogP contribution in [0.2, 0.25) is 5.02 Å². The number of halogens is 2. The number of aromatic nitrogens is 1. The number of rotatable bonds is 8. The summed E-state index contributed by atoms with van der Waals surface area (Å²) in [5.41, 5.74) is 1.89. The van der Waals surface area contributed by atoms with E-state index in [9.17, 15) is 5.26 Å². The molecule has 0 saturated heterocycles. The van der Waals surface area contributed by atoms with E-state index in [2.05, 4.69) is 30.8 Å². The molecule has 3 aromatic rings. The van der Waals surface area contributed by atoms with Gasteiger partial charge in [0.15, 0.2) is 11.5 Å². The second-order valence-corrected chi connectivity index (χ2v) is 7.98. The lowest BCUT2D eigenvalue weighted by Crippen LogP contribution is -2.19. The number of hydrogen-bond acceptors (Lipinski definition) is 5. The summed E-state index contributed by atoms with van der Waals surface area (Å²) < 4.78 is 16.6. The Labute approximate surface area is 191 Å². The first-order valence-electron chi connectivity index (χ1n) is 9.46. The summed E-state index contributed by atoms with van der Waals surface area (Å²) in [4.78, 5) is 3.94. The van der Waals surface area contributed by atoms with E-state index in [0.29, 0.717) is 33.7 Å². The predicted octanol–water partition coefficient (Wildman–Crippen LogP) is 5.70. The summed E-state index contributed by atoms with van der Waals surface area (Å²) in [6.07, 6.45) is 6.79. The Bertz CT molecular complexity index is 1140. The number of ether oxygens (including phenoxy) is 2. The van der Waals surface area contributed by atoms with E-state index in [1.807, 2.05) is 30.3 Å². The number of nitrogens with zero attached hydrogens (tertiary/aromatic N) is 2. The van der Waals surface area contributed by atoms with Gasteiger partial charge in [-0.05, 0) is 41.3 Å². The van der Waals surface area contributed by atoms with Gasteiger partial charge in [-0.15, -0.1) is 18.0 Å². The molecule has 0 fully saturated rings. The third-order valence-corrected chi connectivity index (χ3v) is 5.28. The Morgan fingerprint density at radius 2 is 1.90 bits per heavy atom. The molecule has 5 nitrogen and oxygen atoms in total.